The van der Waals surface area contributed by atoms with Gasteiger partial charge in [-0.2, -0.15) is 0 Å². The Kier molecular flexibility index (Phi) is 3.22. The van der Waals surface area contributed by atoms with Gasteiger partial charge in [0, 0.05) is 17.8 Å². The van der Waals surface area contributed by atoms with E-state index in [1.807, 2.05) is 0 Å². The summed E-state index contributed by atoms with van der Waals surface area (Å²) in [5.74, 6) is 0.423. The molecule has 0 saturated carbocycles. The highest BCUT2D eigenvalue weighted by Gasteiger charge is 2.17. The third-order valence-corrected chi connectivity index (χ3v) is 1.81. The van der Waals surface area contributed by atoms with Gasteiger partial charge in [-0.1, -0.05) is 0 Å². The summed E-state index contributed by atoms with van der Waals surface area (Å²) in [7, 11) is 1.51. The zero-order chi connectivity index (χ0) is 9.84. The van der Waals surface area contributed by atoms with Crippen LogP contribution in [0.3, 0.4) is 0 Å². The van der Waals surface area contributed by atoms with E-state index in [-0.39, 0.29) is 6.04 Å². The molecule has 0 amide bonds. The van der Waals surface area contributed by atoms with Crippen LogP contribution in [0.1, 0.15) is 18.6 Å². The van der Waals surface area contributed by atoms with Crippen molar-refractivity contribution in [1.82, 2.24) is 4.98 Å². The van der Waals surface area contributed by atoms with E-state index in [1.165, 1.54) is 7.11 Å². The molecule has 0 aliphatic carbocycles. The first-order valence-corrected chi connectivity index (χ1v) is 4.09. The Hall–Kier alpha value is -1.13. The third-order valence-electron chi connectivity index (χ3n) is 1.81. The molecule has 0 saturated heterocycles. The molecule has 0 unspecified atom stereocenters. The highest BCUT2D eigenvalue weighted by Crippen LogP contribution is 2.23. The van der Waals surface area contributed by atoms with Gasteiger partial charge in [-0.15, -0.1) is 0 Å². The largest absolute Gasteiger partial charge is 0.481 e. The third kappa shape index (κ3) is 2.17. The standard InChI is InChI=1S/C9H14N2O2/c1-6(10)8(12)7-4-3-5-11-9(7)13-2/h3-6,8,12H,10H2,1-2H3/t6-,8-/m1/s1. The maximum atomic E-state index is 9.66. The van der Waals surface area contributed by atoms with Gasteiger partial charge in [-0.05, 0) is 19.1 Å². The number of hydrogen-bond acceptors (Lipinski definition) is 4. The van der Waals surface area contributed by atoms with Gasteiger partial charge in [0.25, 0.3) is 0 Å². The number of pyridine rings is 1. The van der Waals surface area contributed by atoms with Crippen molar-refractivity contribution in [3.63, 3.8) is 0 Å². The summed E-state index contributed by atoms with van der Waals surface area (Å²) in [5.41, 5.74) is 6.18. The van der Waals surface area contributed by atoms with Crippen LogP contribution >= 0.6 is 0 Å². The van der Waals surface area contributed by atoms with Crippen molar-refractivity contribution >= 4 is 0 Å². The molecule has 1 rings (SSSR count). The maximum absolute atomic E-state index is 9.66. The molecule has 4 heteroatoms. The van der Waals surface area contributed by atoms with E-state index in [2.05, 4.69) is 4.98 Å². The molecule has 72 valence electrons. The van der Waals surface area contributed by atoms with Gasteiger partial charge < -0.3 is 15.6 Å². The lowest BCUT2D eigenvalue weighted by Crippen LogP contribution is -2.24. The Bertz CT molecular complexity index is 276. The Balaban J connectivity index is 2.98. The summed E-state index contributed by atoms with van der Waals surface area (Å²) >= 11 is 0. The van der Waals surface area contributed by atoms with E-state index in [9.17, 15) is 5.11 Å². The van der Waals surface area contributed by atoms with E-state index in [1.54, 1.807) is 25.3 Å². The molecule has 0 bridgehead atoms. The molecule has 0 spiro atoms. The molecule has 1 heterocycles. The number of aliphatic hydroxyl groups is 1. The normalized spacial score (nSPS) is 15.1. The fraction of sp³-hybridized carbons (Fsp3) is 0.444. The Morgan fingerprint density at radius 1 is 1.62 bits per heavy atom. The number of rotatable bonds is 3. The van der Waals surface area contributed by atoms with Crippen LogP contribution in [0, 0.1) is 0 Å². The minimum absolute atomic E-state index is 0.335. The van der Waals surface area contributed by atoms with Crippen LogP contribution in [0.15, 0.2) is 18.3 Å². The first-order chi connectivity index (χ1) is 6.16. The van der Waals surface area contributed by atoms with Crippen molar-refractivity contribution < 1.29 is 9.84 Å². The van der Waals surface area contributed by atoms with E-state index < -0.39 is 6.10 Å². The van der Waals surface area contributed by atoms with Crippen molar-refractivity contribution in [2.75, 3.05) is 7.11 Å². The molecule has 3 N–H and O–H groups in total. The summed E-state index contributed by atoms with van der Waals surface area (Å²) in [6.07, 6.45) is 0.875. The van der Waals surface area contributed by atoms with Gasteiger partial charge in [-0.25, -0.2) is 4.98 Å². The van der Waals surface area contributed by atoms with Gasteiger partial charge >= 0.3 is 0 Å². The number of nitrogens with zero attached hydrogens (tertiary/aromatic N) is 1. The predicted molar refractivity (Wildman–Crippen MR) is 49.4 cm³/mol. The summed E-state index contributed by atoms with van der Waals surface area (Å²) in [4.78, 5) is 3.96. The fourth-order valence-electron chi connectivity index (χ4n) is 1.08. The lowest BCUT2D eigenvalue weighted by Gasteiger charge is -2.16. The van der Waals surface area contributed by atoms with Crippen LogP contribution in [0.5, 0.6) is 5.88 Å². The average molecular weight is 182 g/mol. The zero-order valence-corrected chi connectivity index (χ0v) is 7.77. The van der Waals surface area contributed by atoms with Crippen LogP contribution in [0.25, 0.3) is 0 Å². The van der Waals surface area contributed by atoms with Crippen LogP contribution < -0.4 is 10.5 Å². The summed E-state index contributed by atoms with van der Waals surface area (Å²) in [6.45, 7) is 1.73. The molecule has 0 aromatic carbocycles. The van der Waals surface area contributed by atoms with Gasteiger partial charge in [0.1, 0.15) is 0 Å². The molecular formula is C9H14N2O2. The molecule has 1 aromatic heterocycles. The van der Waals surface area contributed by atoms with Crippen molar-refractivity contribution in [2.24, 2.45) is 5.73 Å². The quantitative estimate of drug-likeness (QED) is 0.713. The number of aromatic nitrogens is 1. The van der Waals surface area contributed by atoms with Crippen LogP contribution in [-0.4, -0.2) is 23.2 Å². The van der Waals surface area contributed by atoms with Gasteiger partial charge in [0.15, 0.2) is 0 Å². The molecule has 2 atom stereocenters. The van der Waals surface area contributed by atoms with Gasteiger partial charge in [-0.3, -0.25) is 0 Å². The minimum Gasteiger partial charge on any atom is -0.481 e. The maximum Gasteiger partial charge on any atom is 0.218 e. The predicted octanol–water partition coefficient (Wildman–Crippen LogP) is 0.471. The van der Waals surface area contributed by atoms with Crippen molar-refractivity contribution in [1.29, 1.82) is 0 Å². The molecule has 1 aromatic rings. The van der Waals surface area contributed by atoms with Crippen molar-refractivity contribution in [2.45, 2.75) is 19.1 Å². The molecular weight excluding hydrogens is 168 g/mol. The van der Waals surface area contributed by atoms with Crippen LogP contribution in [0.2, 0.25) is 0 Å². The Labute approximate surface area is 77.4 Å². The van der Waals surface area contributed by atoms with Gasteiger partial charge in [0.05, 0.1) is 13.2 Å². The van der Waals surface area contributed by atoms with Crippen molar-refractivity contribution in [3.05, 3.63) is 23.9 Å². The Morgan fingerprint density at radius 3 is 2.85 bits per heavy atom. The lowest BCUT2D eigenvalue weighted by atomic mass is 10.1. The van der Waals surface area contributed by atoms with E-state index in [0.717, 1.165) is 0 Å². The molecule has 0 radical (unpaired) electrons. The summed E-state index contributed by atoms with van der Waals surface area (Å²) in [6, 6.07) is 3.15. The van der Waals surface area contributed by atoms with E-state index >= 15 is 0 Å². The second-order valence-corrected chi connectivity index (χ2v) is 2.91. The minimum atomic E-state index is -0.733. The SMILES string of the molecule is COc1ncccc1[C@H](O)[C@@H](C)N. The molecule has 0 fully saturated rings. The number of ether oxygens (including phenoxy) is 1. The highest BCUT2D eigenvalue weighted by molar-refractivity contribution is 5.28. The molecule has 4 nitrogen and oxygen atoms in total. The first-order valence-electron chi connectivity index (χ1n) is 4.09. The number of nitrogens with two attached hydrogens (primary N) is 1. The number of hydrogen-bond donors (Lipinski definition) is 2. The number of methoxy groups -OCH3 is 1. The summed E-state index contributed by atoms with van der Waals surface area (Å²) < 4.78 is 4.99. The molecule has 0 aliphatic heterocycles. The second-order valence-electron chi connectivity index (χ2n) is 2.91. The second kappa shape index (κ2) is 4.20. The van der Waals surface area contributed by atoms with Crippen LogP contribution in [0.4, 0.5) is 0 Å². The molecule has 0 aliphatic rings. The zero-order valence-electron chi connectivity index (χ0n) is 7.77. The fourth-order valence-corrected chi connectivity index (χ4v) is 1.08. The number of aliphatic hydroxyl groups excluding tert-OH is 1. The lowest BCUT2D eigenvalue weighted by molar-refractivity contribution is 0.148. The monoisotopic (exact) mass is 182 g/mol. The first kappa shape index (κ1) is 9.95. The van der Waals surface area contributed by atoms with E-state index in [4.69, 9.17) is 10.5 Å². The average Bonchev–Trinajstić information content (AvgIpc) is 2.16. The summed E-state index contributed by atoms with van der Waals surface area (Å²) in [5, 5.41) is 9.66. The highest BCUT2D eigenvalue weighted by atomic mass is 16.5. The molecule has 13 heavy (non-hydrogen) atoms. The van der Waals surface area contributed by atoms with Gasteiger partial charge in [0.2, 0.25) is 5.88 Å². The smallest absolute Gasteiger partial charge is 0.218 e. The topological polar surface area (TPSA) is 68.4 Å². The Morgan fingerprint density at radius 2 is 2.31 bits per heavy atom. The van der Waals surface area contributed by atoms with Crippen molar-refractivity contribution in [3.8, 4) is 5.88 Å². The van der Waals surface area contributed by atoms with Crippen LogP contribution in [-0.2, 0) is 0 Å². The van der Waals surface area contributed by atoms with E-state index in [0.29, 0.717) is 11.4 Å².